The van der Waals surface area contributed by atoms with E-state index in [1.807, 2.05) is 18.2 Å². The predicted molar refractivity (Wildman–Crippen MR) is 65.3 cm³/mol. The number of amides is 1. The third kappa shape index (κ3) is 2.13. The summed E-state index contributed by atoms with van der Waals surface area (Å²) in [4.78, 5) is 12.0. The molecule has 1 atom stereocenters. The fourth-order valence-corrected chi connectivity index (χ4v) is 2.35. The minimum absolute atomic E-state index is 0.00278. The van der Waals surface area contributed by atoms with Gasteiger partial charge in [0.1, 0.15) is 0 Å². The zero-order chi connectivity index (χ0) is 11.7. The van der Waals surface area contributed by atoms with E-state index < -0.39 is 0 Å². The first-order chi connectivity index (χ1) is 8.33. The Morgan fingerprint density at radius 1 is 1.47 bits per heavy atom. The molecule has 3 rings (SSSR count). The van der Waals surface area contributed by atoms with Crippen LogP contribution in [0.5, 0.6) is 0 Å². The van der Waals surface area contributed by atoms with Crippen molar-refractivity contribution in [3.8, 4) is 0 Å². The van der Waals surface area contributed by atoms with E-state index in [0.29, 0.717) is 6.61 Å². The fourth-order valence-electron chi connectivity index (χ4n) is 2.35. The molecular weight excluding hydrogens is 216 g/mol. The number of hydrogen-bond donors (Lipinski definition) is 2. The van der Waals surface area contributed by atoms with E-state index in [4.69, 9.17) is 4.74 Å². The highest BCUT2D eigenvalue weighted by Crippen LogP contribution is 2.23. The SMILES string of the molecule is O=C(NC1CCOC1)c1ccc2c(c1)NCC2. The predicted octanol–water partition coefficient (Wildman–Crippen LogP) is 1.17. The van der Waals surface area contributed by atoms with Gasteiger partial charge in [-0.3, -0.25) is 4.79 Å². The van der Waals surface area contributed by atoms with Gasteiger partial charge >= 0.3 is 0 Å². The summed E-state index contributed by atoms with van der Waals surface area (Å²) in [5.74, 6) is -0.00278. The number of nitrogens with one attached hydrogen (secondary N) is 2. The Labute approximate surface area is 100 Å². The number of rotatable bonds is 2. The van der Waals surface area contributed by atoms with Crippen molar-refractivity contribution in [2.24, 2.45) is 0 Å². The van der Waals surface area contributed by atoms with Gasteiger partial charge in [-0.15, -0.1) is 0 Å². The van der Waals surface area contributed by atoms with Crippen molar-refractivity contribution in [1.29, 1.82) is 0 Å². The van der Waals surface area contributed by atoms with Crippen LogP contribution in [0.15, 0.2) is 18.2 Å². The lowest BCUT2D eigenvalue weighted by Crippen LogP contribution is -2.34. The average molecular weight is 232 g/mol. The summed E-state index contributed by atoms with van der Waals surface area (Å²) in [6.45, 7) is 2.35. The number of fused-ring (bicyclic) bond motifs is 1. The van der Waals surface area contributed by atoms with Gasteiger partial charge in [0.15, 0.2) is 0 Å². The third-order valence-electron chi connectivity index (χ3n) is 3.35. The summed E-state index contributed by atoms with van der Waals surface area (Å²) in [6.07, 6.45) is 1.96. The van der Waals surface area contributed by atoms with Crippen molar-refractivity contribution in [3.63, 3.8) is 0 Å². The average Bonchev–Trinajstić information content (AvgIpc) is 2.97. The molecule has 1 aromatic carbocycles. The molecule has 1 unspecified atom stereocenters. The fraction of sp³-hybridized carbons (Fsp3) is 0.462. The van der Waals surface area contributed by atoms with Crippen LogP contribution in [0.25, 0.3) is 0 Å². The summed E-state index contributed by atoms with van der Waals surface area (Å²) >= 11 is 0. The molecule has 1 aromatic rings. The first-order valence-electron chi connectivity index (χ1n) is 6.08. The number of carbonyl (C=O) groups is 1. The zero-order valence-electron chi connectivity index (χ0n) is 9.66. The molecule has 0 spiro atoms. The minimum atomic E-state index is -0.00278. The molecule has 2 aliphatic heterocycles. The van der Waals surface area contributed by atoms with Crippen molar-refractivity contribution in [2.75, 3.05) is 25.1 Å². The summed E-state index contributed by atoms with van der Waals surface area (Å²) in [5, 5.41) is 6.28. The lowest BCUT2D eigenvalue weighted by atomic mass is 10.1. The molecule has 2 N–H and O–H groups in total. The van der Waals surface area contributed by atoms with E-state index in [-0.39, 0.29) is 11.9 Å². The van der Waals surface area contributed by atoms with Gasteiger partial charge in [-0.1, -0.05) is 6.07 Å². The highest BCUT2D eigenvalue weighted by atomic mass is 16.5. The van der Waals surface area contributed by atoms with Crippen LogP contribution in [0.3, 0.4) is 0 Å². The topological polar surface area (TPSA) is 50.4 Å². The summed E-state index contributed by atoms with van der Waals surface area (Å²) in [5.41, 5.74) is 3.12. The lowest BCUT2D eigenvalue weighted by Gasteiger charge is -2.11. The maximum atomic E-state index is 12.0. The van der Waals surface area contributed by atoms with Gasteiger partial charge in [0.05, 0.1) is 12.6 Å². The lowest BCUT2D eigenvalue weighted by molar-refractivity contribution is 0.0930. The van der Waals surface area contributed by atoms with Crippen LogP contribution in [-0.4, -0.2) is 31.7 Å². The van der Waals surface area contributed by atoms with E-state index >= 15 is 0 Å². The highest BCUT2D eigenvalue weighted by molar-refractivity contribution is 5.95. The Balaban J connectivity index is 1.72. The Morgan fingerprint density at radius 2 is 2.41 bits per heavy atom. The Morgan fingerprint density at radius 3 is 3.24 bits per heavy atom. The summed E-state index contributed by atoms with van der Waals surface area (Å²) in [6, 6.07) is 6.04. The normalized spacial score (nSPS) is 22.0. The number of hydrogen-bond acceptors (Lipinski definition) is 3. The molecule has 2 heterocycles. The summed E-state index contributed by atoms with van der Waals surface area (Å²) in [7, 11) is 0. The van der Waals surface area contributed by atoms with Crippen molar-refractivity contribution in [2.45, 2.75) is 18.9 Å². The minimum Gasteiger partial charge on any atom is -0.384 e. The standard InChI is InChI=1S/C13H16N2O2/c16-13(15-11-4-6-17-8-11)10-2-1-9-3-5-14-12(9)7-10/h1-2,7,11,14H,3-6,8H2,(H,15,16). The second-order valence-corrected chi connectivity index (χ2v) is 4.58. The van der Waals surface area contributed by atoms with Crippen LogP contribution in [0.2, 0.25) is 0 Å². The Hall–Kier alpha value is -1.55. The van der Waals surface area contributed by atoms with E-state index in [1.165, 1.54) is 5.56 Å². The van der Waals surface area contributed by atoms with E-state index in [2.05, 4.69) is 10.6 Å². The van der Waals surface area contributed by atoms with Gasteiger partial charge in [0.25, 0.3) is 5.91 Å². The summed E-state index contributed by atoms with van der Waals surface area (Å²) < 4.78 is 5.24. The van der Waals surface area contributed by atoms with Gasteiger partial charge in [-0.25, -0.2) is 0 Å². The molecule has 17 heavy (non-hydrogen) atoms. The maximum absolute atomic E-state index is 12.0. The van der Waals surface area contributed by atoms with Crippen molar-refractivity contribution >= 4 is 11.6 Å². The van der Waals surface area contributed by atoms with Crippen LogP contribution in [0, 0.1) is 0 Å². The molecule has 0 aromatic heterocycles. The van der Waals surface area contributed by atoms with Crippen molar-refractivity contribution < 1.29 is 9.53 Å². The van der Waals surface area contributed by atoms with Crippen LogP contribution >= 0.6 is 0 Å². The van der Waals surface area contributed by atoms with Crippen molar-refractivity contribution in [3.05, 3.63) is 29.3 Å². The molecule has 0 bridgehead atoms. The molecular formula is C13H16N2O2. The monoisotopic (exact) mass is 232 g/mol. The molecule has 0 radical (unpaired) electrons. The number of ether oxygens (including phenoxy) is 1. The van der Waals surface area contributed by atoms with E-state index in [9.17, 15) is 4.79 Å². The first kappa shape index (κ1) is 10.6. The Bertz CT molecular complexity index is 439. The van der Waals surface area contributed by atoms with Gasteiger partial charge in [0, 0.05) is 24.4 Å². The molecule has 0 aliphatic carbocycles. The molecule has 1 fully saturated rings. The first-order valence-corrected chi connectivity index (χ1v) is 6.08. The Kier molecular flexibility index (Phi) is 2.73. The third-order valence-corrected chi connectivity index (χ3v) is 3.35. The maximum Gasteiger partial charge on any atom is 0.251 e. The van der Waals surface area contributed by atoms with Gasteiger partial charge in [-0.2, -0.15) is 0 Å². The molecule has 90 valence electrons. The molecule has 1 saturated heterocycles. The van der Waals surface area contributed by atoms with Crippen LogP contribution in [0.1, 0.15) is 22.3 Å². The number of benzene rings is 1. The molecule has 2 aliphatic rings. The molecule has 0 saturated carbocycles. The van der Waals surface area contributed by atoms with Crippen LogP contribution in [-0.2, 0) is 11.2 Å². The molecule has 4 heteroatoms. The quantitative estimate of drug-likeness (QED) is 0.805. The largest absolute Gasteiger partial charge is 0.384 e. The van der Waals surface area contributed by atoms with E-state index in [1.54, 1.807) is 0 Å². The van der Waals surface area contributed by atoms with Crippen molar-refractivity contribution in [1.82, 2.24) is 5.32 Å². The van der Waals surface area contributed by atoms with Gasteiger partial charge in [0.2, 0.25) is 0 Å². The number of anilines is 1. The highest BCUT2D eigenvalue weighted by Gasteiger charge is 2.19. The number of carbonyl (C=O) groups excluding carboxylic acids is 1. The van der Waals surface area contributed by atoms with Crippen LogP contribution in [0.4, 0.5) is 5.69 Å². The van der Waals surface area contributed by atoms with Crippen LogP contribution < -0.4 is 10.6 Å². The van der Waals surface area contributed by atoms with Gasteiger partial charge < -0.3 is 15.4 Å². The van der Waals surface area contributed by atoms with Gasteiger partial charge in [-0.05, 0) is 30.5 Å². The zero-order valence-corrected chi connectivity index (χ0v) is 9.66. The molecule has 4 nitrogen and oxygen atoms in total. The molecule has 1 amide bonds. The smallest absolute Gasteiger partial charge is 0.251 e. The van der Waals surface area contributed by atoms with E-state index in [0.717, 1.165) is 37.2 Å². The second-order valence-electron chi connectivity index (χ2n) is 4.58. The second kappa shape index (κ2) is 4.37.